The molecule has 2 aromatic carbocycles. The molecule has 2 saturated carbocycles. The maximum Gasteiger partial charge on any atom is 0.411 e. The van der Waals surface area contributed by atoms with Crippen LogP contribution in [-0.4, -0.2) is 29.9 Å². The van der Waals surface area contributed by atoms with E-state index in [0.29, 0.717) is 42.0 Å². The monoisotopic (exact) mass is 516 g/mol. The van der Waals surface area contributed by atoms with Crippen LogP contribution in [0, 0.1) is 22.2 Å². The van der Waals surface area contributed by atoms with E-state index >= 15 is 0 Å². The van der Waals surface area contributed by atoms with E-state index in [9.17, 15) is 15.0 Å². The van der Waals surface area contributed by atoms with E-state index in [-0.39, 0.29) is 12.6 Å². The fourth-order valence-electron chi connectivity index (χ4n) is 4.81. The molecule has 5 rings (SSSR count). The van der Waals surface area contributed by atoms with Gasteiger partial charge in [0, 0.05) is 29.6 Å². The van der Waals surface area contributed by atoms with Crippen LogP contribution in [0.5, 0.6) is 5.75 Å². The molecule has 2 aliphatic rings. The summed E-state index contributed by atoms with van der Waals surface area (Å²) in [6.07, 6.45) is 5.55. The summed E-state index contributed by atoms with van der Waals surface area (Å²) in [5.74, 6) is 1.19. The third-order valence-electron chi connectivity index (χ3n) is 7.17. The zero-order valence-electron chi connectivity index (χ0n) is 22.4. The van der Waals surface area contributed by atoms with Crippen molar-refractivity contribution >= 4 is 22.7 Å². The molecule has 200 valence electrons. The van der Waals surface area contributed by atoms with Gasteiger partial charge in [0.1, 0.15) is 17.9 Å². The first-order valence-corrected chi connectivity index (χ1v) is 13.7. The summed E-state index contributed by atoms with van der Waals surface area (Å²) in [4.78, 5) is 22.6. The van der Waals surface area contributed by atoms with Gasteiger partial charge in [-0.2, -0.15) is 10.2 Å². The summed E-state index contributed by atoms with van der Waals surface area (Å²) < 4.78 is 13.6. The van der Waals surface area contributed by atoms with E-state index in [1.54, 1.807) is 0 Å². The molecule has 0 aliphatic heterocycles. The molecule has 8 heteroatoms. The van der Waals surface area contributed by atoms with Gasteiger partial charge >= 0.3 is 6.09 Å². The maximum atomic E-state index is 12.2. The fraction of sp³-hybridized carbons (Fsp3) is 0.467. The lowest BCUT2D eigenvalue weighted by Gasteiger charge is -2.30. The highest BCUT2D eigenvalue weighted by Gasteiger charge is 2.31. The smallest absolute Gasteiger partial charge is 0.411 e. The highest BCUT2D eigenvalue weighted by atomic mass is 16.6. The lowest BCUT2D eigenvalue weighted by atomic mass is 9.92. The Kier molecular flexibility index (Phi) is 9.01. The second-order valence-corrected chi connectivity index (χ2v) is 9.67. The summed E-state index contributed by atoms with van der Waals surface area (Å²) in [6.45, 7) is 6.57. The molecule has 3 aromatic rings. The minimum Gasteiger partial charge on any atom is -0.493 e. The quantitative estimate of drug-likeness (QED) is 0.218. The SMILES string of the molecule is CC.C[C@@H](OC(=O)Nc1ccc(-c2c(C#N)c3ccc(OCCCN=O)cc3n2C2CCC2)cc1)C1CC1. The van der Waals surface area contributed by atoms with Crippen molar-refractivity contribution in [2.45, 2.75) is 71.4 Å². The van der Waals surface area contributed by atoms with Crippen LogP contribution < -0.4 is 10.1 Å². The van der Waals surface area contributed by atoms with Crippen LogP contribution in [0.3, 0.4) is 0 Å². The van der Waals surface area contributed by atoms with Gasteiger partial charge in [-0.05, 0) is 74.8 Å². The number of nitrogens with zero attached hydrogens (tertiary/aromatic N) is 3. The van der Waals surface area contributed by atoms with Crippen LogP contribution in [0.4, 0.5) is 10.5 Å². The molecule has 2 fully saturated rings. The van der Waals surface area contributed by atoms with Gasteiger partial charge in [-0.1, -0.05) is 31.2 Å². The number of anilines is 1. The number of benzene rings is 2. The number of ether oxygens (including phenoxy) is 2. The standard InChI is InChI=1S/C28H30N4O4.C2H6/c1-18(19-6-7-19)36-28(33)31-21-10-8-20(9-11-21)27-25(17-29)24-13-12-23(35-15-3-14-30-34)16-26(24)32(27)22-4-2-5-22;1-2/h8-13,16,18-19,22H,2-7,14-15H2,1H3,(H,31,33);1-2H3/t18-;/m1./s1. The van der Waals surface area contributed by atoms with E-state index in [1.165, 1.54) is 0 Å². The van der Waals surface area contributed by atoms with Gasteiger partial charge in [-0.25, -0.2) is 4.79 Å². The summed E-state index contributed by atoms with van der Waals surface area (Å²) in [5.41, 5.74) is 4.05. The topological polar surface area (TPSA) is 106 Å². The second kappa shape index (κ2) is 12.6. The minimum absolute atomic E-state index is 0.0730. The van der Waals surface area contributed by atoms with Crippen LogP contribution >= 0.6 is 0 Å². The number of carbonyl (C=O) groups excluding carboxylic acids is 1. The van der Waals surface area contributed by atoms with Crippen LogP contribution in [0.2, 0.25) is 0 Å². The molecular weight excluding hydrogens is 480 g/mol. The number of nitrogens with one attached hydrogen (secondary N) is 1. The fourth-order valence-corrected chi connectivity index (χ4v) is 4.81. The number of carbonyl (C=O) groups is 1. The number of fused-ring (bicyclic) bond motifs is 1. The number of nitriles is 1. The minimum atomic E-state index is -0.445. The second-order valence-electron chi connectivity index (χ2n) is 9.67. The van der Waals surface area contributed by atoms with Crippen molar-refractivity contribution in [1.29, 1.82) is 5.26 Å². The molecule has 0 saturated heterocycles. The third-order valence-corrected chi connectivity index (χ3v) is 7.17. The summed E-state index contributed by atoms with van der Waals surface area (Å²) >= 11 is 0. The van der Waals surface area contributed by atoms with Gasteiger partial charge in [-0.15, -0.1) is 0 Å². The molecule has 1 amide bonds. The highest BCUT2D eigenvalue weighted by molar-refractivity contribution is 5.96. The Morgan fingerprint density at radius 3 is 2.50 bits per heavy atom. The summed E-state index contributed by atoms with van der Waals surface area (Å²) in [5, 5.41) is 16.7. The van der Waals surface area contributed by atoms with E-state index < -0.39 is 6.09 Å². The number of hydrogen-bond donors (Lipinski definition) is 1. The first-order valence-electron chi connectivity index (χ1n) is 13.7. The Labute approximate surface area is 223 Å². The van der Waals surface area contributed by atoms with Crippen LogP contribution in [0.25, 0.3) is 22.2 Å². The van der Waals surface area contributed by atoms with Crippen molar-refractivity contribution in [2.24, 2.45) is 11.1 Å². The number of hydrogen-bond acceptors (Lipinski definition) is 6. The Bertz CT molecular complexity index is 1300. The van der Waals surface area contributed by atoms with Gasteiger partial charge in [0.05, 0.1) is 29.9 Å². The number of nitroso groups, excluding NO2 is 1. The third kappa shape index (κ3) is 5.99. The molecule has 38 heavy (non-hydrogen) atoms. The average Bonchev–Trinajstić information content (AvgIpc) is 3.71. The summed E-state index contributed by atoms with van der Waals surface area (Å²) in [6, 6.07) is 16.1. The number of aromatic nitrogens is 1. The van der Waals surface area contributed by atoms with Crippen molar-refractivity contribution in [3.8, 4) is 23.1 Å². The van der Waals surface area contributed by atoms with Gasteiger partial charge in [0.15, 0.2) is 0 Å². The molecule has 0 spiro atoms. The van der Waals surface area contributed by atoms with Crippen molar-refractivity contribution in [1.82, 2.24) is 4.57 Å². The van der Waals surface area contributed by atoms with Crippen LogP contribution in [0.1, 0.15) is 70.9 Å². The van der Waals surface area contributed by atoms with Gasteiger partial charge in [0.2, 0.25) is 0 Å². The lowest BCUT2D eigenvalue weighted by molar-refractivity contribution is 0.108. The maximum absolute atomic E-state index is 12.2. The zero-order chi connectivity index (χ0) is 27.1. The van der Waals surface area contributed by atoms with Crippen LogP contribution in [0.15, 0.2) is 47.6 Å². The molecule has 1 N–H and O–H groups in total. The number of rotatable bonds is 10. The predicted octanol–water partition coefficient (Wildman–Crippen LogP) is 7.81. The zero-order valence-corrected chi connectivity index (χ0v) is 22.4. The molecule has 1 aromatic heterocycles. The molecule has 1 atom stereocenters. The van der Waals surface area contributed by atoms with Gasteiger partial charge < -0.3 is 14.0 Å². The summed E-state index contributed by atoms with van der Waals surface area (Å²) in [7, 11) is 0. The van der Waals surface area contributed by atoms with E-state index in [0.717, 1.165) is 54.3 Å². The number of amides is 1. The van der Waals surface area contributed by atoms with Gasteiger partial charge in [0.25, 0.3) is 0 Å². The molecular formula is C30H36N4O4. The van der Waals surface area contributed by atoms with E-state index in [2.05, 4.69) is 21.1 Å². The Morgan fingerprint density at radius 1 is 1.16 bits per heavy atom. The van der Waals surface area contributed by atoms with Crippen LogP contribution in [-0.2, 0) is 4.74 Å². The Balaban J connectivity index is 0.00000164. The first-order chi connectivity index (χ1) is 18.6. The van der Waals surface area contributed by atoms with Crippen molar-refractivity contribution < 1.29 is 14.3 Å². The largest absolute Gasteiger partial charge is 0.493 e. The molecule has 2 aliphatic carbocycles. The average molecular weight is 517 g/mol. The lowest BCUT2D eigenvalue weighted by Crippen LogP contribution is -2.21. The van der Waals surface area contributed by atoms with Crippen molar-refractivity contribution in [2.75, 3.05) is 18.5 Å². The Morgan fingerprint density at radius 2 is 1.89 bits per heavy atom. The van der Waals surface area contributed by atoms with Crippen molar-refractivity contribution in [3.05, 3.63) is 52.9 Å². The molecule has 0 bridgehead atoms. The normalized spacial score (nSPS) is 15.4. The van der Waals surface area contributed by atoms with E-state index in [1.807, 2.05) is 63.2 Å². The first kappa shape index (κ1) is 27.2. The highest BCUT2D eigenvalue weighted by Crippen LogP contribution is 2.43. The molecule has 0 unspecified atom stereocenters. The molecule has 1 heterocycles. The predicted molar refractivity (Wildman–Crippen MR) is 149 cm³/mol. The van der Waals surface area contributed by atoms with Gasteiger partial charge in [-0.3, -0.25) is 5.32 Å². The Hall–Kier alpha value is -3.86. The van der Waals surface area contributed by atoms with E-state index in [4.69, 9.17) is 9.47 Å². The molecule has 0 radical (unpaired) electrons. The van der Waals surface area contributed by atoms with Crippen molar-refractivity contribution in [3.63, 3.8) is 0 Å². The molecule has 8 nitrogen and oxygen atoms in total.